The van der Waals surface area contributed by atoms with Crippen LogP contribution in [-0.2, 0) is 16.8 Å². The lowest BCUT2D eigenvalue weighted by Gasteiger charge is -2.28. The van der Waals surface area contributed by atoms with Crippen LogP contribution in [-0.4, -0.2) is 29.1 Å². The molecule has 1 aromatic heterocycles. The largest absolute Gasteiger partial charge is 0.491 e. The van der Waals surface area contributed by atoms with E-state index in [-0.39, 0.29) is 52.7 Å². The van der Waals surface area contributed by atoms with Crippen molar-refractivity contribution in [3.63, 3.8) is 0 Å². The van der Waals surface area contributed by atoms with Crippen LogP contribution in [0.4, 0.5) is 8.78 Å². The van der Waals surface area contributed by atoms with E-state index in [1.165, 1.54) is 12.1 Å². The van der Waals surface area contributed by atoms with Crippen molar-refractivity contribution < 1.29 is 23.4 Å². The van der Waals surface area contributed by atoms with Crippen molar-refractivity contribution in [2.45, 2.75) is 31.8 Å². The number of aliphatic hydroxyl groups is 1. The highest BCUT2D eigenvalue weighted by atomic mass is 79.9. The van der Waals surface area contributed by atoms with Crippen molar-refractivity contribution in [3.05, 3.63) is 45.6 Å². The maximum Gasteiger partial charge on any atom is 0.221 e. The van der Waals surface area contributed by atoms with Gasteiger partial charge in [0.15, 0.2) is 0 Å². The molecule has 1 aromatic carbocycles. The van der Waals surface area contributed by atoms with Crippen molar-refractivity contribution in [1.82, 2.24) is 4.98 Å². The van der Waals surface area contributed by atoms with E-state index in [1.54, 1.807) is 6.92 Å². The van der Waals surface area contributed by atoms with Crippen LogP contribution in [0.5, 0.6) is 5.75 Å². The number of pyridine rings is 1. The number of ether oxygens (including phenoxy) is 1. The summed E-state index contributed by atoms with van der Waals surface area (Å²) in [4.78, 5) is 16.1. The maximum absolute atomic E-state index is 14.9. The van der Waals surface area contributed by atoms with Crippen LogP contribution < -0.4 is 16.2 Å². The van der Waals surface area contributed by atoms with Crippen LogP contribution >= 0.6 is 15.9 Å². The number of halogens is 3. The zero-order valence-corrected chi connectivity index (χ0v) is 17.4. The molecular formula is C20H22BrF2N3O3. The SMILES string of the molecule is CCOc1c(CC(N)=O)cc([C@@](O)(CN)C2CC2)nc1-c1ccc(F)c(Br)c1F. The number of amides is 1. The summed E-state index contributed by atoms with van der Waals surface area (Å²) in [6.45, 7) is 1.85. The Hall–Kier alpha value is -2.10. The lowest BCUT2D eigenvalue weighted by atomic mass is 9.90. The zero-order valence-electron chi connectivity index (χ0n) is 15.8. The summed E-state index contributed by atoms with van der Waals surface area (Å²) in [5, 5.41) is 11.1. The van der Waals surface area contributed by atoms with Gasteiger partial charge in [-0.1, -0.05) is 0 Å². The van der Waals surface area contributed by atoms with Crippen LogP contribution in [0.2, 0.25) is 0 Å². The second-order valence-electron chi connectivity index (χ2n) is 7.05. The first kappa shape index (κ1) is 21.6. The average molecular weight is 470 g/mol. The van der Waals surface area contributed by atoms with Gasteiger partial charge in [-0.05, 0) is 59.8 Å². The Bertz CT molecular complexity index is 953. The summed E-state index contributed by atoms with van der Waals surface area (Å²) in [6, 6.07) is 3.86. The van der Waals surface area contributed by atoms with Gasteiger partial charge < -0.3 is 21.3 Å². The quantitative estimate of drug-likeness (QED) is 0.514. The molecular weight excluding hydrogens is 448 g/mol. The number of hydrogen-bond acceptors (Lipinski definition) is 5. The van der Waals surface area contributed by atoms with Crippen molar-refractivity contribution in [1.29, 1.82) is 0 Å². The van der Waals surface area contributed by atoms with E-state index in [2.05, 4.69) is 20.9 Å². The molecule has 0 unspecified atom stereocenters. The van der Waals surface area contributed by atoms with E-state index in [4.69, 9.17) is 16.2 Å². The van der Waals surface area contributed by atoms with E-state index in [9.17, 15) is 18.7 Å². The van der Waals surface area contributed by atoms with Gasteiger partial charge in [-0.15, -0.1) is 0 Å². The van der Waals surface area contributed by atoms with Gasteiger partial charge in [-0.25, -0.2) is 13.8 Å². The number of rotatable bonds is 8. The Morgan fingerprint density at radius 2 is 2.10 bits per heavy atom. The van der Waals surface area contributed by atoms with E-state index in [0.29, 0.717) is 5.56 Å². The van der Waals surface area contributed by atoms with Gasteiger partial charge in [0, 0.05) is 17.7 Å². The highest BCUT2D eigenvalue weighted by Crippen LogP contribution is 2.46. The Labute approximate surface area is 175 Å². The minimum Gasteiger partial charge on any atom is -0.491 e. The molecule has 1 atom stereocenters. The molecule has 0 aliphatic heterocycles. The molecule has 5 N–H and O–H groups in total. The predicted molar refractivity (Wildman–Crippen MR) is 107 cm³/mol. The molecule has 1 aliphatic carbocycles. The summed E-state index contributed by atoms with van der Waals surface area (Å²) in [5.74, 6) is -2.20. The smallest absolute Gasteiger partial charge is 0.221 e. The Kier molecular flexibility index (Phi) is 6.21. The van der Waals surface area contributed by atoms with Crippen molar-refractivity contribution in [3.8, 4) is 17.0 Å². The normalized spacial score (nSPS) is 15.8. The molecule has 1 aliphatic rings. The van der Waals surface area contributed by atoms with E-state index < -0.39 is 23.1 Å². The van der Waals surface area contributed by atoms with Gasteiger partial charge in [0.25, 0.3) is 0 Å². The van der Waals surface area contributed by atoms with Crippen molar-refractivity contribution in [2.75, 3.05) is 13.2 Å². The Balaban J connectivity index is 2.31. The third-order valence-corrected chi connectivity index (χ3v) is 5.73. The summed E-state index contributed by atoms with van der Waals surface area (Å²) >= 11 is 2.89. The van der Waals surface area contributed by atoms with E-state index in [1.807, 2.05) is 0 Å². The molecule has 29 heavy (non-hydrogen) atoms. The van der Waals surface area contributed by atoms with Crippen LogP contribution in [0.25, 0.3) is 11.3 Å². The van der Waals surface area contributed by atoms with Crippen LogP contribution in [0.3, 0.4) is 0 Å². The highest BCUT2D eigenvalue weighted by Gasteiger charge is 2.46. The number of nitrogens with zero attached hydrogens (tertiary/aromatic N) is 1. The number of benzene rings is 1. The van der Waals surface area contributed by atoms with Crippen LogP contribution in [0.1, 0.15) is 31.0 Å². The van der Waals surface area contributed by atoms with Crippen LogP contribution in [0, 0.1) is 17.6 Å². The Morgan fingerprint density at radius 1 is 1.41 bits per heavy atom. The first-order valence-electron chi connectivity index (χ1n) is 9.24. The van der Waals surface area contributed by atoms with Gasteiger partial charge >= 0.3 is 0 Å². The molecule has 0 radical (unpaired) electrons. The van der Waals surface area contributed by atoms with Gasteiger partial charge in [-0.2, -0.15) is 0 Å². The molecule has 1 saturated carbocycles. The number of aromatic nitrogens is 1. The number of carbonyl (C=O) groups is 1. The first-order valence-corrected chi connectivity index (χ1v) is 10.0. The molecule has 0 bridgehead atoms. The standard InChI is InChI=1S/C20H22BrF2N3O3/c1-2-29-19-10(8-15(25)27)7-14(20(28,9-24)11-3-4-11)26-18(19)12-5-6-13(22)16(21)17(12)23/h5-7,11,28H,2-4,8-9,24H2,1H3,(H2,25,27)/t20-/m1/s1. The van der Waals surface area contributed by atoms with E-state index >= 15 is 0 Å². The van der Waals surface area contributed by atoms with Gasteiger partial charge in [0.05, 0.1) is 23.2 Å². The highest BCUT2D eigenvalue weighted by molar-refractivity contribution is 9.10. The predicted octanol–water partition coefficient (Wildman–Crippen LogP) is 2.77. The fraction of sp³-hybridized carbons (Fsp3) is 0.400. The van der Waals surface area contributed by atoms with Crippen molar-refractivity contribution >= 4 is 21.8 Å². The first-order chi connectivity index (χ1) is 13.7. The molecule has 1 amide bonds. The zero-order chi connectivity index (χ0) is 21.3. The average Bonchev–Trinajstić information content (AvgIpc) is 3.52. The second kappa shape index (κ2) is 8.33. The minimum atomic E-state index is -1.43. The van der Waals surface area contributed by atoms with E-state index in [0.717, 1.165) is 18.9 Å². The number of carbonyl (C=O) groups excluding carboxylic acids is 1. The fourth-order valence-electron chi connectivity index (χ4n) is 3.36. The molecule has 0 spiro atoms. The Morgan fingerprint density at radius 3 is 2.66 bits per heavy atom. The summed E-state index contributed by atoms with van der Waals surface area (Å²) < 4.78 is 34.0. The summed E-state index contributed by atoms with van der Waals surface area (Å²) in [5.41, 5.74) is 10.4. The molecule has 2 aromatic rings. The third-order valence-electron chi connectivity index (χ3n) is 5.00. The molecule has 6 nitrogen and oxygen atoms in total. The summed E-state index contributed by atoms with van der Waals surface area (Å²) in [6.07, 6.45) is 1.35. The molecule has 3 rings (SSSR count). The summed E-state index contributed by atoms with van der Waals surface area (Å²) in [7, 11) is 0. The molecule has 1 heterocycles. The molecule has 156 valence electrons. The van der Waals surface area contributed by atoms with Gasteiger partial charge in [-0.3, -0.25) is 4.79 Å². The van der Waals surface area contributed by atoms with Gasteiger partial charge in [0.1, 0.15) is 28.7 Å². The third kappa shape index (κ3) is 4.12. The second-order valence-corrected chi connectivity index (χ2v) is 7.84. The number of primary amides is 1. The van der Waals surface area contributed by atoms with Gasteiger partial charge in [0.2, 0.25) is 5.91 Å². The maximum atomic E-state index is 14.9. The number of nitrogens with two attached hydrogens (primary N) is 2. The molecule has 9 heteroatoms. The van der Waals surface area contributed by atoms with Crippen LogP contribution in [0.15, 0.2) is 22.7 Å². The monoisotopic (exact) mass is 469 g/mol. The lowest BCUT2D eigenvalue weighted by Crippen LogP contribution is -2.38. The van der Waals surface area contributed by atoms with Crippen molar-refractivity contribution in [2.24, 2.45) is 17.4 Å². The molecule has 0 saturated heterocycles. The molecule has 1 fully saturated rings. The number of hydrogen-bond donors (Lipinski definition) is 3. The minimum absolute atomic E-state index is 0.0375. The fourth-order valence-corrected chi connectivity index (χ4v) is 3.71. The topological polar surface area (TPSA) is 111 Å². The lowest BCUT2D eigenvalue weighted by molar-refractivity contribution is -0.117.